The molecule has 0 amide bonds. The van der Waals surface area contributed by atoms with Crippen LogP contribution in [0.25, 0.3) is 0 Å². The molecule has 2 rings (SSSR count). The molecule has 0 aromatic carbocycles. The molecule has 1 aliphatic carbocycles. The Morgan fingerprint density at radius 3 is 2.84 bits per heavy atom. The van der Waals surface area contributed by atoms with Gasteiger partial charge in [0.15, 0.2) is 5.96 Å². The van der Waals surface area contributed by atoms with Gasteiger partial charge in [-0.25, -0.2) is 4.98 Å². The van der Waals surface area contributed by atoms with Crippen LogP contribution in [0.1, 0.15) is 31.5 Å². The van der Waals surface area contributed by atoms with Crippen molar-refractivity contribution in [2.24, 2.45) is 18.0 Å². The van der Waals surface area contributed by atoms with Gasteiger partial charge in [0.25, 0.3) is 0 Å². The summed E-state index contributed by atoms with van der Waals surface area (Å²) in [6, 6.07) is 0. The number of nitrogens with zero attached hydrogens (tertiary/aromatic N) is 4. The summed E-state index contributed by atoms with van der Waals surface area (Å²) in [6.45, 7) is 1.62. The third kappa shape index (κ3) is 5.75. The lowest BCUT2D eigenvalue weighted by Crippen LogP contribution is -2.37. The van der Waals surface area contributed by atoms with E-state index < -0.39 is 0 Å². The fourth-order valence-electron chi connectivity index (χ4n) is 1.87. The molecule has 6 nitrogen and oxygen atoms in total. The Bertz CT molecular complexity index is 399. The lowest BCUT2D eigenvalue weighted by molar-refractivity contribution is 0.637. The van der Waals surface area contributed by atoms with E-state index in [1.165, 1.54) is 25.7 Å². The standard InChI is InChI=1S/C12H22N6.HI/c1-13-12(14-7-3-4-10-5-6-10)15-8-11-16-9-17-18(11)2;/h9-10H,3-8H2,1-2H3,(H2,13,14,15);1H. The maximum Gasteiger partial charge on any atom is 0.191 e. The number of aryl methyl sites for hydroxylation is 1. The van der Waals surface area contributed by atoms with Gasteiger partial charge in [-0.2, -0.15) is 5.10 Å². The summed E-state index contributed by atoms with van der Waals surface area (Å²) in [6.07, 6.45) is 6.98. The van der Waals surface area contributed by atoms with Crippen molar-refractivity contribution < 1.29 is 0 Å². The van der Waals surface area contributed by atoms with Crippen molar-refractivity contribution in [3.05, 3.63) is 12.2 Å². The second kappa shape index (κ2) is 8.34. The van der Waals surface area contributed by atoms with Crippen molar-refractivity contribution in [1.29, 1.82) is 0 Å². The summed E-state index contributed by atoms with van der Waals surface area (Å²) in [5.74, 6) is 2.73. The van der Waals surface area contributed by atoms with Gasteiger partial charge >= 0.3 is 0 Å². The first-order chi connectivity index (χ1) is 8.79. The molecular formula is C12H23IN6. The Morgan fingerprint density at radius 2 is 2.26 bits per heavy atom. The molecule has 1 aromatic heterocycles. The third-order valence-corrected chi connectivity index (χ3v) is 3.22. The minimum absolute atomic E-state index is 0. The summed E-state index contributed by atoms with van der Waals surface area (Å²) in [7, 11) is 3.67. The molecule has 1 fully saturated rings. The molecule has 0 radical (unpaired) electrons. The number of aliphatic imine (C=N–C) groups is 1. The molecule has 1 saturated carbocycles. The SMILES string of the molecule is CN=C(NCCCC1CC1)NCc1ncnn1C.I. The Labute approximate surface area is 131 Å². The van der Waals surface area contributed by atoms with Gasteiger partial charge in [-0.3, -0.25) is 9.67 Å². The summed E-state index contributed by atoms with van der Waals surface area (Å²) in [5, 5.41) is 10.6. The Balaban J connectivity index is 0.00000180. The quantitative estimate of drug-likeness (QED) is 0.339. The number of halogens is 1. The highest BCUT2D eigenvalue weighted by molar-refractivity contribution is 14.0. The smallest absolute Gasteiger partial charge is 0.191 e. The van der Waals surface area contributed by atoms with Crippen molar-refractivity contribution in [3.8, 4) is 0 Å². The van der Waals surface area contributed by atoms with E-state index in [1.807, 2.05) is 7.05 Å². The van der Waals surface area contributed by atoms with Crippen LogP contribution in [-0.2, 0) is 13.6 Å². The highest BCUT2D eigenvalue weighted by atomic mass is 127. The molecule has 1 heterocycles. The molecule has 108 valence electrons. The lowest BCUT2D eigenvalue weighted by Gasteiger charge is -2.11. The number of rotatable bonds is 6. The summed E-state index contributed by atoms with van der Waals surface area (Å²) < 4.78 is 1.76. The summed E-state index contributed by atoms with van der Waals surface area (Å²) >= 11 is 0. The molecule has 19 heavy (non-hydrogen) atoms. The van der Waals surface area contributed by atoms with Crippen LogP contribution in [0.3, 0.4) is 0 Å². The van der Waals surface area contributed by atoms with Crippen LogP contribution < -0.4 is 10.6 Å². The Hall–Kier alpha value is -0.860. The van der Waals surface area contributed by atoms with E-state index in [2.05, 4.69) is 25.7 Å². The number of aromatic nitrogens is 3. The summed E-state index contributed by atoms with van der Waals surface area (Å²) in [4.78, 5) is 8.34. The number of hydrogen-bond acceptors (Lipinski definition) is 3. The largest absolute Gasteiger partial charge is 0.356 e. The van der Waals surface area contributed by atoms with Gasteiger partial charge in [-0.05, 0) is 18.8 Å². The first-order valence-corrected chi connectivity index (χ1v) is 6.57. The molecule has 0 atom stereocenters. The van der Waals surface area contributed by atoms with Gasteiger partial charge < -0.3 is 10.6 Å². The Kier molecular flexibility index (Phi) is 7.11. The molecule has 1 aliphatic rings. The zero-order valence-corrected chi connectivity index (χ0v) is 13.9. The van der Waals surface area contributed by atoms with Crippen molar-refractivity contribution in [1.82, 2.24) is 25.4 Å². The van der Waals surface area contributed by atoms with E-state index >= 15 is 0 Å². The highest BCUT2D eigenvalue weighted by Crippen LogP contribution is 2.33. The van der Waals surface area contributed by atoms with Crippen LogP contribution in [0.2, 0.25) is 0 Å². The van der Waals surface area contributed by atoms with Crippen LogP contribution in [0, 0.1) is 5.92 Å². The predicted octanol–water partition coefficient (Wildman–Crippen LogP) is 1.29. The van der Waals surface area contributed by atoms with E-state index in [0.29, 0.717) is 6.54 Å². The average molecular weight is 378 g/mol. The molecule has 0 bridgehead atoms. The molecule has 0 unspecified atom stereocenters. The van der Waals surface area contributed by atoms with Gasteiger partial charge in [0.1, 0.15) is 12.2 Å². The molecular weight excluding hydrogens is 355 g/mol. The van der Waals surface area contributed by atoms with E-state index in [0.717, 1.165) is 24.2 Å². The third-order valence-electron chi connectivity index (χ3n) is 3.22. The zero-order chi connectivity index (χ0) is 12.8. The van der Waals surface area contributed by atoms with Crippen molar-refractivity contribution in [3.63, 3.8) is 0 Å². The van der Waals surface area contributed by atoms with Gasteiger partial charge in [-0.1, -0.05) is 12.8 Å². The fourth-order valence-corrected chi connectivity index (χ4v) is 1.87. The first-order valence-electron chi connectivity index (χ1n) is 6.57. The molecule has 1 aromatic rings. The first kappa shape index (κ1) is 16.2. The van der Waals surface area contributed by atoms with Crippen LogP contribution in [-0.4, -0.2) is 34.3 Å². The second-order valence-corrected chi connectivity index (χ2v) is 4.74. The minimum atomic E-state index is 0. The topological polar surface area (TPSA) is 67.1 Å². The minimum Gasteiger partial charge on any atom is -0.356 e. The van der Waals surface area contributed by atoms with E-state index in [4.69, 9.17) is 0 Å². The Morgan fingerprint density at radius 1 is 1.47 bits per heavy atom. The molecule has 0 spiro atoms. The van der Waals surface area contributed by atoms with E-state index in [1.54, 1.807) is 18.1 Å². The fraction of sp³-hybridized carbons (Fsp3) is 0.750. The molecule has 7 heteroatoms. The van der Waals surface area contributed by atoms with Crippen LogP contribution in [0.15, 0.2) is 11.3 Å². The van der Waals surface area contributed by atoms with Crippen LogP contribution >= 0.6 is 24.0 Å². The summed E-state index contributed by atoms with van der Waals surface area (Å²) in [5.41, 5.74) is 0. The highest BCUT2D eigenvalue weighted by Gasteiger charge is 2.19. The predicted molar refractivity (Wildman–Crippen MR) is 86.6 cm³/mol. The lowest BCUT2D eigenvalue weighted by atomic mass is 10.2. The molecule has 0 saturated heterocycles. The monoisotopic (exact) mass is 378 g/mol. The maximum absolute atomic E-state index is 4.19. The number of hydrogen-bond donors (Lipinski definition) is 2. The van der Waals surface area contributed by atoms with Gasteiger partial charge in [-0.15, -0.1) is 24.0 Å². The molecule has 2 N–H and O–H groups in total. The van der Waals surface area contributed by atoms with Crippen molar-refractivity contribution in [2.45, 2.75) is 32.2 Å². The average Bonchev–Trinajstić information content (AvgIpc) is 3.11. The van der Waals surface area contributed by atoms with Crippen molar-refractivity contribution >= 4 is 29.9 Å². The molecule has 0 aliphatic heterocycles. The normalized spacial score (nSPS) is 14.9. The number of guanidine groups is 1. The van der Waals surface area contributed by atoms with E-state index in [-0.39, 0.29) is 24.0 Å². The van der Waals surface area contributed by atoms with Gasteiger partial charge in [0, 0.05) is 20.6 Å². The van der Waals surface area contributed by atoms with Crippen LogP contribution in [0.5, 0.6) is 0 Å². The van der Waals surface area contributed by atoms with Crippen molar-refractivity contribution in [2.75, 3.05) is 13.6 Å². The van der Waals surface area contributed by atoms with Crippen LogP contribution in [0.4, 0.5) is 0 Å². The second-order valence-electron chi connectivity index (χ2n) is 4.74. The van der Waals surface area contributed by atoms with Gasteiger partial charge in [0.05, 0.1) is 6.54 Å². The van der Waals surface area contributed by atoms with Gasteiger partial charge in [0.2, 0.25) is 0 Å². The zero-order valence-electron chi connectivity index (χ0n) is 11.6. The maximum atomic E-state index is 4.19. The van der Waals surface area contributed by atoms with E-state index in [9.17, 15) is 0 Å². The number of nitrogens with one attached hydrogen (secondary N) is 2.